The Labute approximate surface area is 125 Å². The van der Waals surface area contributed by atoms with Crippen LogP contribution in [0.25, 0.3) is 0 Å². The maximum Gasteiger partial charge on any atom is 0.329 e. The quantitative estimate of drug-likeness (QED) is 0.812. The summed E-state index contributed by atoms with van der Waals surface area (Å²) in [7, 11) is 0. The SMILES string of the molecule is CCOC(=O)C(NC(=O)CC)C1(C)CNc2ccccc21. The van der Waals surface area contributed by atoms with Gasteiger partial charge in [0.05, 0.1) is 6.61 Å². The summed E-state index contributed by atoms with van der Waals surface area (Å²) >= 11 is 0. The molecule has 0 fully saturated rings. The van der Waals surface area contributed by atoms with Gasteiger partial charge in [-0.25, -0.2) is 4.79 Å². The number of amides is 1. The number of hydrogen-bond acceptors (Lipinski definition) is 4. The third-order valence-electron chi connectivity index (χ3n) is 3.97. The molecule has 0 saturated heterocycles. The van der Waals surface area contributed by atoms with Gasteiger partial charge in [-0.05, 0) is 18.6 Å². The van der Waals surface area contributed by atoms with Crippen molar-refractivity contribution in [1.82, 2.24) is 5.32 Å². The maximum atomic E-state index is 12.3. The Hall–Kier alpha value is -2.04. The molecule has 0 bridgehead atoms. The number of rotatable bonds is 5. The molecule has 2 rings (SSSR count). The van der Waals surface area contributed by atoms with Gasteiger partial charge in [-0.1, -0.05) is 32.0 Å². The molecule has 5 nitrogen and oxygen atoms in total. The summed E-state index contributed by atoms with van der Waals surface area (Å²) in [6, 6.07) is 7.15. The fourth-order valence-electron chi connectivity index (χ4n) is 2.73. The zero-order valence-electron chi connectivity index (χ0n) is 12.7. The van der Waals surface area contributed by atoms with Crippen LogP contribution in [0.1, 0.15) is 32.8 Å². The van der Waals surface area contributed by atoms with Crippen molar-refractivity contribution in [1.29, 1.82) is 0 Å². The zero-order chi connectivity index (χ0) is 15.5. The van der Waals surface area contributed by atoms with E-state index in [4.69, 9.17) is 4.74 Å². The van der Waals surface area contributed by atoms with Crippen molar-refractivity contribution in [3.05, 3.63) is 29.8 Å². The first kappa shape index (κ1) is 15.4. The van der Waals surface area contributed by atoms with Gasteiger partial charge in [-0.15, -0.1) is 0 Å². The highest BCUT2D eigenvalue weighted by atomic mass is 16.5. The summed E-state index contributed by atoms with van der Waals surface area (Å²) in [5, 5.41) is 6.12. The lowest BCUT2D eigenvalue weighted by Gasteiger charge is -2.33. The molecular weight excluding hydrogens is 268 g/mol. The molecule has 114 valence electrons. The first-order chi connectivity index (χ1) is 10.0. The predicted molar refractivity (Wildman–Crippen MR) is 81.1 cm³/mol. The van der Waals surface area contributed by atoms with Gasteiger partial charge in [-0.3, -0.25) is 4.79 Å². The van der Waals surface area contributed by atoms with Gasteiger partial charge >= 0.3 is 5.97 Å². The highest BCUT2D eigenvalue weighted by Gasteiger charge is 2.46. The molecule has 2 atom stereocenters. The number of carbonyl (C=O) groups is 2. The van der Waals surface area contributed by atoms with Crippen molar-refractivity contribution in [3.63, 3.8) is 0 Å². The average molecular weight is 290 g/mol. The van der Waals surface area contributed by atoms with E-state index in [1.54, 1.807) is 13.8 Å². The van der Waals surface area contributed by atoms with Crippen LogP contribution in [0.2, 0.25) is 0 Å². The largest absolute Gasteiger partial charge is 0.464 e. The lowest BCUT2D eigenvalue weighted by Crippen LogP contribution is -2.55. The second kappa shape index (κ2) is 6.16. The third kappa shape index (κ3) is 2.86. The van der Waals surface area contributed by atoms with E-state index >= 15 is 0 Å². The van der Waals surface area contributed by atoms with Crippen molar-refractivity contribution >= 4 is 17.6 Å². The van der Waals surface area contributed by atoms with Gasteiger partial charge in [0.2, 0.25) is 5.91 Å². The zero-order valence-corrected chi connectivity index (χ0v) is 12.7. The summed E-state index contributed by atoms with van der Waals surface area (Å²) in [6.07, 6.45) is 0.334. The Balaban J connectivity index is 2.36. The van der Waals surface area contributed by atoms with E-state index in [2.05, 4.69) is 10.6 Å². The van der Waals surface area contributed by atoms with Crippen molar-refractivity contribution in [2.75, 3.05) is 18.5 Å². The molecule has 2 N–H and O–H groups in total. The number of para-hydroxylation sites is 1. The Morgan fingerprint density at radius 2 is 2.10 bits per heavy atom. The first-order valence-corrected chi connectivity index (χ1v) is 7.32. The topological polar surface area (TPSA) is 67.4 Å². The minimum atomic E-state index is -0.693. The standard InChI is InChI=1S/C16H22N2O3/c1-4-13(19)18-14(15(20)21-5-2)16(3)10-17-12-9-7-6-8-11(12)16/h6-9,14,17H,4-5,10H2,1-3H3,(H,18,19). The summed E-state index contributed by atoms with van der Waals surface area (Å²) in [6.45, 7) is 6.38. The van der Waals surface area contributed by atoms with Crippen LogP contribution in [0.3, 0.4) is 0 Å². The summed E-state index contributed by atoms with van der Waals surface area (Å²) in [4.78, 5) is 24.1. The van der Waals surface area contributed by atoms with Gasteiger partial charge in [0.15, 0.2) is 0 Å². The van der Waals surface area contributed by atoms with E-state index in [1.165, 1.54) is 0 Å². The molecule has 0 aliphatic carbocycles. The number of anilines is 1. The van der Waals surface area contributed by atoms with E-state index in [0.717, 1.165) is 11.3 Å². The lowest BCUT2D eigenvalue weighted by atomic mass is 9.77. The van der Waals surface area contributed by atoms with Crippen LogP contribution < -0.4 is 10.6 Å². The van der Waals surface area contributed by atoms with Crippen LogP contribution in [0.4, 0.5) is 5.69 Å². The highest BCUT2D eigenvalue weighted by Crippen LogP contribution is 2.39. The minimum absolute atomic E-state index is 0.154. The molecule has 1 heterocycles. The molecule has 0 saturated carbocycles. The summed E-state index contributed by atoms with van der Waals surface area (Å²) in [5.41, 5.74) is 1.51. The monoisotopic (exact) mass is 290 g/mol. The molecule has 1 aromatic carbocycles. The molecule has 21 heavy (non-hydrogen) atoms. The van der Waals surface area contributed by atoms with E-state index in [1.807, 2.05) is 31.2 Å². The molecule has 5 heteroatoms. The average Bonchev–Trinajstić information content (AvgIpc) is 2.83. The number of carbonyl (C=O) groups excluding carboxylic acids is 2. The van der Waals surface area contributed by atoms with Crippen LogP contribution in [-0.2, 0) is 19.7 Å². The number of nitrogens with one attached hydrogen (secondary N) is 2. The van der Waals surface area contributed by atoms with Gasteiger partial charge in [0.25, 0.3) is 0 Å². The first-order valence-electron chi connectivity index (χ1n) is 7.32. The molecule has 2 unspecified atom stereocenters. The van der Waals surface area contributed by atoms with Crippen LogP contribution in [0, 0.1) is 0 Å². The molecule has 0 aromatic heterocycles. The second-order valence-corrected chi connectivity index (χ2v) is 5.42. The molecule has 1 aliphatic rings. The molecular formula is C16H22N2O3. The maximum absolute atomic E-state index is 12.3. The number of esters is 1. The normalized spacial score (nSPS) is 21.1. The van der Waals surface area contributed by atoms with Gasteiger partial charge in [-0.2, -0.15) is 0 Å². The lowest BCUT2D eigenvalue weighted by molar-refractivity contribution is -0.149. The van der Waals surface area contributed by atoms with Gasteiger partial charge in [0, 0.05) is 24.1 Å². The Bertz CT molecular complexity index is 544. The smallest absolute Gasteiger partial charge is 0.329 e. The molecule has 1 aliphatic heterocycles. The number of hydrogen-bond donors (Lipinski definition) is 2. The number of fused-ring (bicyclic) bond motifs is 1. The Morgan fingerprint density at radius 3 is 2.76 bits per heavy atom. The Morgan fingerprint density at radius 1 is 1.38 bits per heavy atom. The highest BCUT2D eigenvalue weighted by molar-refractivity contribution is 5.87. The molecule has 1 aromatic rings. The summed E-state index contributed by atoms with van der Waals surface area (Å²) in [5.74, 6) is -0.543. The van der Waals surface area contributed by atoms with Crippen LogP contribution in [0.15, 0.2) is 24.3 Å². The van der Waals surface area contributed by atoms with E-state index < -0.39 is 11.5 Å². The van der Waals surface area contributed by atoms with Crippen molar-refractivity contribution in [2.45, 2.75) is 38.6 Å². The van der Waals surface area contributed by atoms with Gasteiger partial charge in [0.1, 0.15) is 6.04 Å². The predicted octanol–water partition coefficient (Wildman–Crippen LogP) is 1.83. The van der Waals surface area contributed by atoms with Crippen LogP contribution in [0.5, 0.6) is 0 Å². The third-order valence-corrected chi connectivity index (χ3v) is 3.97. The Kier molecular flexibility index (Phi) is 4.50. The number of benzene rings is 1. The summed E-state index contributed by atoms with van der Waals surface area (Å²) < 4.78 is 5.16. The van der Waals surface area contributed by atoms with E-state index in [-0.39, 0.29) is 11.9 Å². The van der Waals surface area contributed by atoms with Crippen LogP contribution in [-0.4, -0.2) is 31.1 Å². The van der Waals surface area contributed by atoms with Crippen molar-refractivity contribution in [3.8, 4) is 0 Å². The van der Waals surface area contributed by atoms with Crippen molar-refractivity contribution in [2.24, 2.45) is 0 Å². The minimum Gasteiger partial charge on any atom is -0.464 e. The molecule has 1 amide bonds. The number of ether oxygens (including phenoxy) is 1. The fourth-order valence-corrected chi connectivity index (χ4v) is 2.73. The molecule has 0 spiro atoms. The van der Waals surface area contributed by atoms with Gasteiger partial charge < -0.3 is 15.4 Å². The molecule has 0 radical (unpaired) electrons. The van der Waals surface area contributed by atoms with Crippen molar-refractivity contribution < 1.29 is 14.3 Å². The van der Waals surface area contributed by atoms with E-state index in [0.29, 0.717) is 19.6 Å². The van der Waals surface area contributed by atoms with Crippen LogP contribution >= 0.6 is 0 Å². The second-order valence-electron chi connectivity index (χ2n) is 5.42. The fraction of sp³-hybridized carbons (Fsp3) is 0.500. The van der Waals surface area contributed by atoms with E-state index in [9.17, 15) is 9.59 Å².